The molecule has 6 nitrogen and oxygen atoms in total. The average molecular weight is 388 g/mol. The molecule has 0 saturated heterocycles. The van der Waals surface area contributed by atoms with Crippen molar-refractivity contribution in [2.75, 3.05) is 19.5 Å². The number of carbonyl (C=O) groups is 2. The molecule has 0 unspecified atom stereocenters. The van der Waals surface area contributed by atoms with E-state index in [9.17, 15) is 9.59 Å². The summed E-state index contributed by atoms with van der Waals surface area (Å²) in [5, 5.41) is 6.18. The van der Waals surface area contributed by atoms with E-state index in [0.717, 1.165) is 31.2 Å². The number of rotatable bonds is 6. The first-order chi connectivity index (χ1) is 13.0. The molecule has 3 rings (SSSR count). The van der Waals surface area contributed by atoms with Gasteiger partial charge in [0.05, 0.1) is 12.7 Å². The SMILES string of the molecule is CNC(=O)c1c(NC(=O)[C@H](C)Oc2ccccc2OC)sc2c1CCCC2. The zero-order valence-corrected chi connectivity index (χ0v) is 16.6. The van der Waals surface area contributed by atoms with Crippen molar-refractivity contribution < 1.29 is 19.1 Å². The molecule has 1 aromatic carbocycles. The number of para-hydroxylation sites is 2. The van der Waals surface area contributed by atoms with Crippen LogP contribution in [-0.2, 0) is 17.6 Å². The predicted octanol–water partition coefficient (Wildman–Crippen LogP) is 3.40. The van der Waals surface area contributed by atoms with Crippen molar-refractivity contribution in [1.82, 2.24) is 5.32 Å². The van der Waals surface area contributed by atoms with Gasteiger partial charge in [0.2, 0.25) is 0 Å². The summed E-state index contributed by atoms with van der Waals surface area (Å²) >= 11 is 1.49. The summed E-state index contributed by atoms with van der Waals surface area (Å²) in [5.74, 6) is 0.599. The maximum Gasteiger partial charge on any atom is 0.265 e. The lowest BCUT2D eigenvalue weighted by molar-refractivity contribution is -0.122. The van der Waals surface area contributed by atoms with E-state index in [1.54, 1.807) is 33.2 Å². The van der Waals surface area contributed by atoms with Gasteiger partial charge >= 0.3 is 0 Å². The van der Waals surface area contributed by atoms with E-state index in [1.807, 2.05) is 12.1 Å². The Morgan fingerprint density at radius 1 is 1.15 bits per heavy atom. The Morgan fingerprint density at radius 2 is 1.85 bits per heavy atom. The normalized spacial score (nSPS) is 14.0. The molecule has 144 valence electrons. The second-order valence-corrected chi connectivity index (χ2v) is 7.50. The topological polar surface area (TPSA) is 76.7 Å². The van der Waals surface area contributed by atoms with Crippen LogP contribution < -0.4 is 20.1 Å². The maximum atomic E-state index is 12.7. The summed E-state index contributed by atoms with van der Waals surface area (Å²) in [4.78, 5) is 26.3. The lowest BCUT2D eigenvalue weighted by Crippen LogP contribution is -2.31. The lowest BCUT2D eigenvalue weighted by Gasteiger charge is -2.16. The van der Waals surface area contributed by atoms with E-state index in [0.29, 0.717) is 22.1 Å². The summed E-state index contributed by atoms with van der Waals surface area (Å²) in [6.45, 7) is 1.68. The molecular weight excluding hydrogens is 364 g/mol. The molecule has 0 bridgehead atoms. The molecule has 1 heterocycles. The molecule has 0 spiro atoms. The van der Waals surface area contributed by atoms with Gasteiger partial charge in [-0.1, -0.05) is 12.1 Å². The fourth-order valence-electron chi connectivity index (χ4n) is 3.19. The lowest BCUT2D eigenvalue weighted by atomic mass is 9.95. The van der Waals surface area contributed by atoms with Crippen molar-refractivity contribution in [1.29, 1.82) is 0 Å². The van der Waals surface area contributed by atoms with Crippen LogP contribution in [0.5, 0.6) is 11.5 Å². The Hall–Kier alpha value is -2.54. The highest BCUT2D eigenvalue weighted by molar-refractivity contribution is 7.17. The first kappa shape index (κ1) is 19.2. The Bertz CT molecular complexity index is 847. The summed E-state index contributed by atoms with van der Waals surface area (Å²) in [6.07, 6.45) is 3.26. The maximum absolute atomic E-state index is 12.7. The molecule has 0 fully saturated rings. The molecular formula is C20H24N2O4S. The molecule has 2 aromatic rings. The van der Waals surface area contributed by atoms with Crippen LogP contribution in [0.1, 0.15) is 40.6 Å². The van der Waals surface area contributed by atoms with Crippen LogP contribution in [-0.4, -0.2) is 32.1 Å². The summed E-state index contributed by atoms with van der Waals surface area (Å²) in [7, 11) is 3.16. The minimum absolute atomic E-state index is 0.164. The van der Waals surface area contributed by atoms with Crippen LogP contribution in [0.4, 0.5) is 5.00 Å². The van der Waals surface area contributed by atoms with Gasteiger partial charge in [-0.2, -0.15) is 0 Å². The molecule has 0 saturated carbocycles. The van der Waals surface area contributed by atoms with Gasteiger partial charge in [0, 0.05) is 11.9 Å². The number of methoxy groups -OCH3 is 1. The number of hydrogen-bond acceptors (Lipinski definition) is 5. The molecule has 2 N–H and O–H groups in total. The van der Waals surface area contributed by atoms with Crippen LogP contribution in [0.3, 0.4) is 0 Å². The van der Waals surface area contributed by atoms with Crippen molar-refractivity contribution in [3.05, 3.63) is 40.3 Å². The summed E-state index contributed by atoms with van der Waals surface area (Å²) in [5.41, 5.74) is 1.66. The number of carbonyl (C=O) groups excluding carboxylic acids is 2. The second kappa shape index (κ2) is 8.43. The van der Waals surface area contributed by atoms with Gasteiger partial charge in [0.15, 0.2) is 17.6 Å². The van der Waals surface area contributed by atoms with Gasteiger partial charge in [-0.05, 0) is 50.3 Å². The molecule has 1 aromatic heterocycles. The zero-order chi connectivity index (χ0) is 19.4. The minimum atomic E-state index is -0.738. The van der Waals surface area contributed by atoms with Crippen molar-refractivity contribution in [3.8, 4) is 11.5 Å². The number of anilines is 1. The summed E-state index contributed by atoms with van der Waals surface area (Å²) < 4.78 is 11.0. The number of aryl methyl sites for hydroxylation is 1. The highest BCUT2D eigenvalue weighted by atomic mass is 32.1. The largest absolute Gasteiger partial charge is 0.493 e. The third-order valence-corrected chi connectivity index (χ3v) is 5.81. The van der Waals surface area contributed by atoms with E-state index in [2.05, 4.69) is 10.6 Å². The first-order valence-electron chi connectivity index (χ1n) is 9.02. The van der Waals surface area contributed by atoms with E-state index < -0.39 is 6.10 Å². The smallest absolute Gasteiger partial charge is 0.265 e. The van der Waals surface area contributed by atoms with Crippen LogP contribution in [0.15, 0.2) is 24.3 Å². The average Bonchev–Trinajstić information content (AvgIpc) is 3.05. The highest BCUT2D eigenvalue weighted by Crippen LogP contribution is 2.38. The molecule has 27 heavy (non-hydrogen) atoms. The number of benzene rings is 1. The van der Waals surface area contributed by atoms with Gasteiger partial charge in [0.1, 0.15) is 5.00 Å². The van der Waals surface area contributed by atoms with E-state index in [1.165, 1.54) is 16.2 Å². The van der Waals surface area contributed by atoms with Crippen molar-refractivity contribution in [2.24, 2.45) is 0 Å². The van der Waals surface area contributed by atoms with E-state index in [-0.39, 0.29) is 11.8 Å². The Kier molecular flexibility index (Phi) is 6.01. The van der Waals surface area contributed by atoms with Crippen LogP contribution in [0.2, 0.25) is 0 Å². The second-order valence-electron chi connectivity index (χ2n) is 6.39. The Balaban J connectivity index is 1.79. The van der Waals surface area contributed by atoms with Gasteiger partial charge in [-0.3, -0.25) is 9.59 Å². The molecule has 0 radical (unpaired) electrons. The van der Waals surface area contributed by atoms with Gasteiger partial charge < -0.3 is 20.1 Å². The molecule has 1 aliphatic carbocycles. The van der Waals surface area contributed by atoms with Crippen molar-refractivity contribution in [2.45, 2.75) is 38.7 Å². The van der Waals surface area contributed by atoms with E-state index in [4.69, 9.17) is 9.47 Å². The molecule has 1 aliphatic rings. The summed E-state index contributed by atoms with van der Waals surface area (Å²) in [6, 6.07) is 7.18. The number of fused-ring (bicyclic) bond motifs is 1. The van der Waals surface area contributed by atoms with Gasteiger partial charge in [-0.25, -0.2) is 0 Å². The number of ether oxygens (including phenoxy) is 2. The highest BCUT2D eigenvalue weighted by Gasteiger charge is 2.27. The quantitative estimate of drug-likeness (QED) is 0.795. The zero-order valence-electron chi connectivity index (χ0n) is 15.8. The number of hydrogen-bond donors (Lipinski definition) is 2. The molecule has 7 heteroatoms. The van der Waals surface area contributed by atoms with Crippen molar-refractivity contribution in [3.63, 3.8) is 0 Å². The number of amides is 2. The number of thiophene rings is 1. The third kappa shape index (κ3) is 4.08. The number of nitrogens with one attached hydrogen (secondary N) is 2. The standard InChI is InChI=1S/C20H24N2O4S/c1-12(26-15-10-6-5-9-14(15)25-3)18(23)22-20-17(19(24)21-2)13-8-4-7-11-16(13)27-20/h5-6,9-10,12H,4,7-8,11H2,1-3H3,(H,21,24)(H,22,23)/t12-/m0/s1. The third-order valence-electron chi connectivity index (χ3n) is 4.60. The molecule has 1 atom stereocenters. The van der Waals surface area contributed by atoms with Crippen LogP contribution >= 0.6 is 11.3 Å². The predicted molar refractivity (Wildman–Crippen MR) is 106 cm³/mol. The fourth-order valence-corrected chi connectivity index (χ4v) is 4.48. The molecule has 2 amide bonds. The minimum Gasteiger partial charge on any atom is -0.493 e. The molecule has 0 aliphatic heterocycles. The van der Waals surface area contributed by atoms with Crippen LogP contribution in [0.25, 0.3) is 0 Å². The first-order valence-corrected chi connectivity index (χ1v) is 9.84. The Labute approximate surface area is 162 Å². The van der Waals surface area contributed by atoms with Gasteiger partial charge in [0.25, 0.3) is 11.8 Å². The van der Waals surface area contributed by atoms with Crippen LogP contribution in [0, 0.1) is 0 Å². The van der Waals surface area contributed by atoms with Crippen molar-refractivity contribution >= 4 is 28.2 Å². The Morgan fingerprint density at radius 3 is 2.56 bits per heavy atom. The monoisotopic (exact) mass is 388 g/mol. The van der Waals surface area contributed by atoms with E-state index >= 15 is 0 Å². The van der Waals surface area contributed by atoms with Gasteiger partial charge in [-0.15, -0.1) is 11.3 Å². The fraction of sp³-hybridized carbons (Fsp3) is 0.400.